The standard InChI is InChI=1S/C32H26N4O2S/c1-5-13-25(14-6-1)35(26-15-7-2-8-16-26)33-23-29-31-32(38-22-21-37-31)30(39-29)24-34-36(27-17-9-3-10-18-27)28-19-11-4-12-20-28/h1-20,23-24H,21-22H2. The van der Waals surface area contributed by atoms with Crippen LogP contribution in [0.4, 0.5) is 22.7 Å². The summed E-state index contributed by atoms with van der Waals surface area (Å²) in [5.41, 5.74) is 3.85. The van der Waals surface area contributed by atoms with Crippen molar-refractivity contribution in [3.8, 4) is 11.5 Å². The SMILES string of the molecule is C(=NN(c1ccccc1)c1ccccc1)c1sc(C=NN(c2ccccc2)c2ccccc2)c2c1OCCO2. The number of hydrogen-bond donors (Lipinski definition) is 0. The van der Waals surface area contributed by atoms with E-state index in [-0.39, 0.29) is 0 Å². The minimum Gasteiger partial charge on any atom is -0.485 e. The van der Waals surface area contributed by atoms with E-state index in [2.05, 4.69) is 0 Å². The van der Waals surface area contributed by atoms with E-state index in [1.807, 2.05) is 144 Å². The Bertz CT molecular complexity index is 1360. The van der Waals surface area contributed by atoms with Gasteiger partial charge in [-0.05, 0) is 48.5 Å². The Balaban J connectivity index is 1.36. The van der Waals surface area contributed by atoms with Crippen molar-refractivity contribution in [1.82, 2.24) is 0 Å². The molecule has 0 aliphatic carbocycles. The third-order valence-corrected chi connectivity index (χ3v) is 7.06. The number of fused-ring (bicyclic) bond motifs is 1. The van der Waals surface area contributed by atoms with Crippen molar-refractivity contribution in [3.63, 3.8) is 0 Å². The Morgan fingerprint density at radius 1 is 0.487 bits per heavy atom. The van der Waals surface area contributed by atoms with Gasteiger partial charge < -0.3 is 9.47 Å². The van der Waals surface area contributed by atoms with E-state index in [9.17, 15) is 0 Å². The summed E-state index contributed by atoms with van der Waals surface area (Å²) in [5, 5.41) is 13.6. The smallest absolute Gasteiger partial charge is 0.181 e. The highest BCUT2D eigenvalue weighted by Crippen LogP contribution is 2.43. The number of hydrogen-bond acceptors (Lipinski definition) is 7. The minimum absolute atomic E-state index is 0.488. The molecule has 0 atom stereocenters. The van der Waals surface area contributed by atoms with E-state index in [4.69, 9.17) is 19.7 Å². The van der Waals surface area contributed by atoms with E-state index in [0.29, 0.717) is 24.7 Å². The quantitative estimate of drug-likeness (QED) is 0.151. The molecule has 6 rings (SSSR count). The van der Waals surface area contributed by atoms with Crippen LogP contribution in [0.5, 0.6) is 11.5 Å². The van der Waals surface area contributed by atoms with Crippen LogP contribution in [0.2, 0.25) is 0 Å². The minimum atomic E-state index is 0.488. The van der Waals surface area contributed by atoms with E-state index in [1.165, 1.54) is 11.3 Å². The molecule has 0 saturated heterocycles. The van der Waals surface area contributed by atoms with Crippen molar-refractivity contribution < 1.29 is 9.47 Å². The molecule has 0 amide bonds. The second-order valence-electron chi connectivity index (χ2n) is 8.64. The Hall–Kier alpha value is -4.88. The normalized spacial score (nSPS) is 12.6. The molecular formula is C32H26N4O2S. The molecule has 1 aromatic heterocycles. The summed E-state index contributed by atoms with van der Waals surface area (Å²) in [7, 11) is 0. The van der Waals surface area contributed by atoms with Crippen LogP contribution in [0, 0.1) is 0 Å². The summed E-state index contributed by atoms with van der Waals surface area (Å²) in [5.74, 6) is 1.40. The second kappa shape index (κ2) is 11.7. The number of para-hydroxylation sites is 4. The van der Waals surface area contributed by atoms with Gasteiger partial charge in [-0.2, -0.15) is 10.2 Å². The van der Waals surface area contributed by atoms with E-state index in [1.54, 1.807) is 0 Å². The average molecular weight is 531 g/mol. The van der Waals surface area contributed by atoms with Crippen molar-refractivity contribution in [2.24, 2.45) is 10.2 Å². The first kappa shape index (κ1) is 24.5. The van der Waals surface area contributed by atoms with E-state index >= 15 is 0 Å². The number of hydrazone groups is 2. The van der Waals surface area contributed by atoms with Gasteiger partial charge in [-0.1, -0.05) is 72.8 Å². The molecule has 4 aromatic carbocycles. The van der Waals surface area contributed by atoms with Crippen molar-refractivity contribution in [3.05, 3.63) is 131 Å². The summed E-state index contributed by atoms with van der Waals surface area (Å²) in [6.07, 6.45) is 3.67. The zero-order valence-corrected chi connectivity index (χ0v) is 21.9. The Morgan fingerprint density at radius 3 is 1.10 bits per heavy atom. The van der Waals surface area contributed by atoms with Crippen LogP contribution in [-0.4, -0.2) is 25.6 Å². The highest BCUT2D eigenvalue weighted by atomic mass is 32.1. The van der Waals surface area contributed by atoms with Crippen LogP contribution in [-0.2, 0) is 0 Å². The van der Waals surface area contributed by atoms with Crippen LogP contribution in [0.3, 0.4) is 0 Å². The predicted molar refractivity (Wildman–Crippen MR) is 161 cm³/mol. The van der Waals surface area contributed by atoms with Crippen LogP contribution >= 0.6 is 11.3 Å². The monoisotopic (exact) mass is 530 g/mol. The Morgan fingerprint density at radius 2 is 0.795 bits per heavy atom. The lowest BCUT2D eigenvalue weighted by atomic mass is 10.2. The van der Waals surface area contributed by atoms with Crippen LogP contribution < -0.4 is 19.5 Å². The molecule has 0 radical (unpaired) electrons. The largest absolute Gasteiger partial charge is 0.485 e. The van der Waals surface area contributed by atoms with E-state index in [0.717, 1.165) is 32.5 Å². The molecular weight excluding hydrogens is 504 g/mol. The Labute approximate surface area is 231 Å². The van der Waals surface area contributed by atoms with Crippen molar-refractivity contribution in [2.75, 3.05) is 23.2 Å². The lowest BCUT2D eigenvalue weighted by Crippen LogP contribution is -2.16. The van der Waals surface area contributed by atoms with Crippen LogP contribution in [0.15, 0.2) is 132 Å². The van der Waals surface area contributed by atoms with Gasteiger partial charge in [-0.15, -0.1) is 11.3 Å². The molecule has 0 bridgehead atoms. The van der Waals surface area contributed by atoms with Crippen molar-refractivity contribution in [1.29, 1.82) is 0 Å². The second-order valence-corrected chi connectivity index (χ2v) is 9.72. The van der Waals surface area contributed by atoms with Crippen molar-refractivity contribution in [2.45, 2.75) is 0 Å². The number of nitrogens with zero attached hydrogens (tertiary/aromatic N) is 4. The number of thiophene rings is 1. The third-order valence-electron chi connectivity index (χ3n) is 6.03. The van der Waals surface area contributed by atoms with Gasteiger partial charge >= 0.3 is 0 Å². The summed E-state index contributed by atoms with van der Waals surface area (Å²) in [6, 6.07) is 40.3. The first-order chi connectivity index (χ1) is 19.4. The van der Waals surface area contributed by atoms with Gasteiger partial charge in [-0.3, -0.25) is 0 Å². The average Bonchev–Trinajstić information content (AvgIpc) is 3.37. The number of anilines is 4. The zero-order chi connectivity index (χ0) is 26.3. The molecule has 5 aromatic rings. The van der Waals surface area contributed by atoms with Crippen molar-refractivity contribution >= 4 is 46.5 Å². The molecule has 7 heteroatoms. The topological polar surface area (TPSA) is 49.7 Å². The maximum atomic E-state index is 6.06. The number of ether oxygens (including phenoxy) is 2. The molecule has 1 aliphatic rings. The highest BCUT2D eigenvalue weighted by Gasteiger charge is 2.23. The molecule has 0 fully saturated rings. The van der Waals surface area contributed by atoms with Gasteiger partial charge in [0.25, 0.3) is 0 Å². The molecule has 0 unspecified atom stereocenters. The first-order valence-corrected chi connectivity index (χ1v) is 13.5. The third kappa shape index (κ3) is 5.54. The molecule has 1 aliphatic heterocycles. The first-order valence-electron chi connectivity index (χ1n) is 12.7. The number of rotatable bonds is 8. The van der Waals surface area contributed by atoms with Gasteiger partial charge in [0.2, 0.25) is 0 Å². The van der Waals surface area contributed by atoms with Gasteiger partial charge in [0.15, 0.2) is 11.5 Å². The summed E-state index contributed by atoms with van der Waals surface area (Å²) < 4.78 is 12.1. The zero-order valence-electron chi connectivity index (χ0n) is 21.1. The Kier molecular flexibility index (Phi) is 7.32. The van der Waals surface area contributed by atoms with Crippen LogP contribution in [0.1, 0.15) is 9.75 Å². The fourth-order valence-electron chi connectivity index (χ4n) is 4.23. The predicted octanol–water partition coefficient (Wildman–Crippen LogP) is 7.86. The highest BCUT2D eigenvalue weighted by molar-refractivity contribution is 7.16. The summed E-state index contributed by atoms with van der Waals surface area (Å²) >= 11 is 1.54. The molecule has 0 N–H and O–H groups in total. The van der Waals surface area contributed by atoms with Gasteiger partial charge in [0.1, 0.15) is 13.2 Å². The fourth-order valence-corrected chi connectivity index (χ4v) is 5.15. The lowest BCUT2D eigenvalue weighted by molar-refractivity contribution is 0.173. The molecule has 192 valence electrons. The molecule has 0 spiro atoms. The maximum Gasteiger partial charge on any atom is 0.181 e. The fraction of sp³-hybridized carbons (Fsp3) is 0.0625. The summed E-state index contributed by atoms with van der Waals surface area (Å²) in [6.45, 7) is 0.977. The van der Waals surface area contributed by atoms with Crippen LogP contribution in [0.25, 0.3) is 0 Å². The molecule has 39 heavy (non-hydrogen) atoms. The summed E-state index contributed by atoms with van der Waals surface area (Å²) in [4.78, 5) is 1.74. The maximum absolute atomic E-state index is 6.06. The van der Waals surface area contributed by atoms with E-state index < -0.39 is 0 Å². The van der Waals surface area contributed by atoms with Gasteiger partial charge in [-0.25, -0.2) is 10.0 Å². The molecule has 2 heterocycles. The van der Waals surface area contributed by atoms with Gasteiger partial charge in [0.05, 0.1) is 44.9 Å². The molecule has 0 saturated carbocycles. The molecule has 6 nitrogen and oxygen atoms in total. The lowest BCUT2D eigenvalue weighted by Gasteiger charge is -2.19. The van der Waals surface area contributed by atoms with Gasteiger partial charge in [0, 0.05) is 0 Å². The number of benzene rings is 4.